The predicted molar refractivity (Wildman–Crippen MR) is 97.7 cm³/mol. The summed E-state index contributed by atoms with van der Waals surface area (Å²) in [4.78, 5) is 24.9. The van der Waals surface area contributed by atoms with Crippen molar-refractivity contribution in [3.8, 4) is 5.75 Å². The van der Waals surface area contributed by atoms with Gasteiger partial charge in [-0.15, -0.1) is 0 Å². The Hall–Kier alpha value is -2.50. The second-order valence-electron chi connectivity index (χ2n) is 6.87. The third-order valence-corrected chi connectivity index (χ3v) is 4.99. The molecule has 1 atom stereocenters. The Morgan fingerprint density at radius 3 is 2.58 bits per heavy atom. The molecule has 0 bridgehead atoms. The van der Waals surface area contributed by atoms with E-state index in [1.165, 1.54) is 12.8 Å². The number of methoxy groups -OCH3 is 1. The van der Waals surface area contributed by atoms with Crippen LogP contribution in [-0.4, -0.2) is 25.2 Å². The first kappa shape index (κ1) is 18.3. The minimum Gasteiger partial charge on any atom is -0.497 e. The summed E-state index contributed by atoms with van der Waals surface area (Å²) in [6, 6.07) is 6.46. The van der Waals surface area contributed by atoms with E-state index in [0.717, 1.165) is 31.2 Å². The van der Waals surface area contributed by atoms with Gasteiger partial charge in [0, 0.05) is 5.70 Å². The van der Waals surface area contributed by atoms with Crippen LogP contribution in [0.3, 0.4) is 0 Å². The molecule has 1 saturated carbocycles. The molecule has 2 aliphatic rings. The van der Waals surface area contributed by atoms with Crippen molar-refractivity contribution < 1.29 is 19.1 Å². The van der Waals surface area contributed by atoms with Gasteiger partial charge in [0.05, 0.1) is 18.7 Å². The van der Waals surface area contributed by atoms with Gasteiger partial charge in [0.15, 0.2) is 0 Å². The van der Waals surface area contributed by atoms with Crippen molar-refractivity contribution in [1.82, 2.24) is 10.6 Å². The molecular formula is C20H26N2O4. The summed E-state index contributed by atoms with van der Waals surface area (Å²) >= 11 is 0. The Morgan fingerprint density at radius 1 is 1.15 bits per heavy atom. The van der Waals surface area contributed by atoms with Gasteiger partial charge >= 0.3 is 12.0 Å². The summed E-state index contributed by atoms with van der Waals surface area (Å²) in [5.41, 5.74) is 1.76. The zero-order valence-corrected chi connectivity index (χ0v) is 15.3. The molecule has 2 amide bonds. The average molecular weight is 358 g/mol. The molecule has 6 nitrogen and oxygen atoms in total. The van der Waals surface area contributed by atoms with Gasteiger partial charge in [-0.25, -0.2) is 9.59 Å². The fourth-order valence-electron chi connectivity index (χ4n) is 3.61. The topological polar surface area (TPSA) is 76.7 Å². The van der Waals surface area contributed by atoms with Crippen LogP contribution in [0, 0.1) is 0 Å². The molecule has 6 heteroatoms. The molecule has 26 heavy (non-hydrogen) atoms. The van der Waals surface area contributed by atoms with Gasteiger partial charge < -0.3 is 20.1 Å². The minimum absolute atomic E-state index is 0.0473. The number of nitrogens with one attached hydrogen (secondary N) is 2. The molecule has 1 aromatic rings. The highest BCUT2D eigenvalue weighted by molar-refractivity contribution is 5.95. The molecule has 1 aliphatic heterocycles. The van der Waals surface area contributed by atoms with Crippen LogP contribution >= 0.6 is 0 Å². The quantitative estimate of drug-likeness (QED) is 0.637. The lowest BCUT2D eigenvalue weighted by Gasteiger charge is -2.29. The lowest BCUT2D eigenvalue weighted by atomic mass is 9.95. The molecule has 1 heterocycles. The number of rotatable bonds is 4. The monoisotopic (exact) mass is 358 g/mol. The number of carbonyl (C=O) groups is 2. The van der Waals surface area contributed by atoms with Crippen molar-refractivity contribution in [3.63, 3.8) is 0 Å². The van der Waals surface area contributed by atoms with Crippen LogP contribution in [0.5, 0.6) is 5.75 Å². The van der Waals surface area contributed by atoms with Gasteiger partial charge in [-0.2, -0.15) is 0 Å². The Bertz CT molecular complexity index is 706. The summed E-state index contributed by atoms with van der Waals surface area (Å²) in [6.07, 6.45) is 6.33. The molecule has 0 spiro atoms. The largest absolute Gasteiger partial charge is 0.497 e. The Kier molecular flexibility index (Phi) is 5.81. The van der Waals surface area contributed by atoms with Gasteiger partial charge in [-0.1, -0.05) is 25.0 Å². The molecule has 140 valence electrons. The Labute approximate surface area is 153 Å². The zero-order chi connectivity index (χ0) is 18.5. The SMILES string of the molecule is COc1cccc(C2NC(=O)NC(C)=C2C(=O)OC2CCCCCC2)c1. The molecule has 3 rings (SSSR count). The molecule has 0 saturated heterocycles. The maximum atomic E-state index is 12.9. The van der Waals surface area contributed by atoms with Gasteiger partial charge in [-0.3, -0.25) is 0 Å². The van der Waals surface area contributed by atoms with Gasteiger partial charge in [0.2, 0.25) is 0 Å². The van der Waals surface area contributed by atoms with Gasteiger partial charge in [-0.05, 0) is 50.3 Å². The smallest absolute Gasteiger partial charge is 0.338 e. The van der Waals surface area contributed by atoms with E-state index in [1.54, 1.807) is 14.0 Å². The minimum atomic E-state index is -0.558. The summed E-state index contributed by atoms with van der Waals surface area (Å²) in [5.74, 6) is 0.305. The molecule has 2 N–H and O–H groups in total. The van der Waals surface area contributed by atoms with Crippen LogP contribution in [0.4, 0.5) is 4.79 Å². The maximum Gasteiger partial charge on any atom is 0.338 e. The maximum absolute atomic E-state index is 12.9. The highest BCUT2D eigenvalue weighted by Gasteiger charge is 2.33. The van der Waals surface area contributed by atoms with Gasteiger partial charge in [0.1, 0.15) is 11.9 Å². The van der Waals surface area contributed by atoms with Crippen LogP contribution < -0.4 is 15.4 Å². The van der Waals surface area contributed by atoms with E-state index < -0.39 is 6.04 Å². The first-order valence-corrected chi connectivity index (χ1v) is 9.21. The van der Waals surface area contributed by atoms with Crippen LogP contribution in [0.25, 0.3) is 0 Å². The third kappa shape index (κ3) is 4.18. The van der Waals surface area contributed by atoms with Gasteiger partial charge in [0.25, 0.3) is 0 Å². The number of esters is 1. The summed E-state index contributed by atoms with van der Waals surface area (Å²) in [7, 11) is 1.59. The number of benzene rings is 1. The first-order chi connectivity index (χ1) is 12.6. The second-order valence-corrected chi connectivity index (χ2v) is 6.87. The fraction of sp³-hybridized carbons (Fsp3) is 0.500. The number of urea groups is 1. The van der Waals surface area contributed by atoms with Crippen molar-refractivity contribution in [2.75, 3.05) is 7.11 Å². The number of hydrogen-bond acceptors (Lipinski definition) is 4. The van der Waals surface area contributed by atoms with Crippen molar-refractivity contribution >= 4 is 12.0 Å². The molecule has 0 aromatic heterocycles. The van der Waals surface area contributed by atoms with E-state index in [9.17, 15) is 9.59 Å². The third-order valence-electron chi connectivity index (χ3n) is 4.99. The molecule has 1 aromatic carbocycles. The molecule has 1 fully saturated rings. The molecule has 1 aliphatic carbocycles. The van der Waals surface area contributed by atoms with E-state index in [4.69, 9.17) is 9.47 Å². The summed E-state index contributed by atoms with van der Waals surface area (Å²) in [6.45, 7) is 1.73. The number of allylic oxidation sites excluding steroid dienone is 1. The van der Waals surface area contributed by atoms with Crippen molar-refractivity contribution in [2.24, 2.45) is 0 Å². The molecule has 1 unspecified atom stereocenters. The lowest BCUT2D eigenvalue weighted by Crippen LogP contribution is -2.45. The average Bonchev–Trinajstić information content (AvgIpc) is 2.89. The highest BCUT2D eigenvalue weighted by atomic mass is 16.5. The molecule has 0 radical (unpaired) electrons. The first-order valence-electron chi connectivity index (χ1n) is 9.21. The van der Waals surface area contributed by atoms with Crippen LogP contribution in [-0.2, 0) is 9.53 Å². The van der Waals surface area contributed by atoms with Crippen LogP contribution in [0.1, 0.15) is 57.1 Å². The Balaban J connectivity index is 1.86. The van der Waals surface area contributed by atoms with Crippen LogP contribution in [0.15, 0.2) is 35.5 Å². The number of amides is 2. The van der Waals surface area contributed by atoms with Crippen LogP contribution in [0.2, 0.25) is 0 Å². The predicted octanol–water partition coefficient (Wildman–Crippen LogP) is 3.59. The van der Waals surface area contributed by atoms with E-state index in [1.807, 2.05) is 24.3 Å². The standard InChI is InChI=1S/C20H26N2O4/c1-13-17(19(23)26-15-9-5-3-4-6-10-15)18(22-20(24)21-13)14-8-7-11-16(12-14)25-2/h7-8,11-12,15,18H,3-6,9-10H2,1-2H3,(H2,21,22,24). The van der Waals surface area contributed by atoms with E-state index in [-0.39, 0.29) is 18.1 Å². The lowest BCUT2D eigenvalue weighted by molar-refractivity contribution is -0.145. The second kappa shape index (κ2) is 8.25. The fourth-order valence-corrected chi connectivity index (χ4v) is 3.61. The zero-order valence-electron chi connectivity index (χ0n) is 15.3. The number of carbonyl (C=O) groups excluding carboxylic acids is 2. The Morgan fingerprint density at radius 2 is 1.88 bits per heavy atom. The highest BCUT2D eigenvalue weighted by Crippen LogP contribution is 2.31. The number of hydrogen-bond donors (Lipinski definition) is 2. The van der Waals surface area contributed by atoms with E-state index >= 15 is 0 Å². The van der Waals surface area contributed by atoms with Crippen molar-refractivity contribution in [2.45, 2.75) is 57.6 Å². The van der Waals surface area contributed by atoms with Crippen molar-refractivity contribution in [1.29, 1.82) is 0 Å². The number of ether oxygens (including phenoxy) is 2. The normalized spacial score (nSPS) is 21.5. The summed E-state index contributed by atoms with van der Waals surface area (Å²) < 4.78 is 11.1. The van der Waals surface area contributed by atoms with E-state index in [2.05, 4.69) is 10.6 Å². The van der Waals surface area contributed by atoms with Crippen molar-refractivity contribution in [3.05, 3.63) is 41.1 Å². The van der Waals surface area contributed by atoms with E-state index in [0.29, 0.717) is 17.0 Å². The summed E-state index contributed by atoms with van der Waals surface area (Å²) in [5, 5.41) is 5.52. The molecular weight excluding hydrogens is 332 g/mol.